The Bertz CT molecular complexity index is 402. The van der Waals surface area contributed by atoms with Gasteiger partial charge in [-0.2, -0.15) is 0 Å². The zero-order valence-electron chi connectivity index (χ0n) is 14.8. The zero-order valence-corrected chi connectivity index (χ0v) is 14.8. The standard InChI is InChI=1S/C16H31N3O3/c1-11(2)19(15(21)22-16(4,5)6)13-8-7-9-18(10-13)14(20)12(3)17/h11-13H,7-10,17H2,1-6H3/t12-,13+/m0/s1. The summed E-state index contributed by atoms with van der Waals surface area (Å²) in [7, 11) is 0. The number of hydrogen-bond donors (Lipinski definition) is 1. The van der Waals surface area contributed by atoms with E-state index < -0.39 is 11.6 Å². The molecule has 2 atom stereocenters. The van der Waals surface area contributed by atoms with Crippen LogP contribution in [0.15, 0.2) is 0 Å². The molecule has 6 nitrogen and oxygen atoms in total. The number of likely N-dealkylation sites (tertiary alicyclic amines) is 1. The van der Waals surface area contributed by atoms with E-state index in [2.05, 4.69) is 0 Å². The molecule has 0 aromatic rings. The average Bonchev–Trinajstić information content (AvgIpc) is 2.35. The van der Waals surface area contributed by atoms with E-state index in [1.807, 2.05) is 34.6 Å². The van der Waals surface area contributed by atoms with Gasteiger partial charge in [0.1, 0.15) is 5.60 Å². The van der Waals surface area contributed by atoms with Gasteiger partial charge in [-0.15, -0.1) is 0 Å². The molecule has 6 heteroatoms. The van der Waals surface area contributed by atoms with E-state index in [0.29, 0.717) is 13.1 Å². The molecule has 1 rings (SSSR count). The average molecular weight is 313 g/mol. The van der Waals surface area contributed by atoms with Gasteiger partial charge in [-0.3, -0.25) is 4.79 Å². The second-order valence-electron chi connectivity index (χ2n) is 7.35. The lowest BCUT2D eigenvalue weighted by molar-refractivity contribution is -0.134. The van der Waals surface area contributed by atoms with Gasteiger partial charge < -0.3 is 20.3 Å². The van der Waals surface area contributed by atoms with Gasteiger partial charge in [-0.05, 0) is 54.4 Å². The molecule has 0 bridgehead atoms. The third-order valence-electron chi connectivity index (χ3n) is 3.65. The molecule has 1 heterocycles. The van der Waals surface area contributed by atoms with E-state index >= 15 is 0 Å². The molecule has 1 aliphatic heterocycles. The first-order valence-electron chi connectivity index (χ1n) is 8.08. The molecule has 1 saturated heterocycles. The number of amides is 2. The number of carbonyl (C=O) groups excluding carboxylic acids is 2. The summed E-state index contributed by atoms with van der Waals surface area (Å²) >= 11 is 0. The lowest BCUT2D eigenvalue weighted by atomic mass is 10.0. The minimum absolute atomic E-state index is 0.0187. The summed E-state index contributed by atoms with van der Waals surface area (Å²) in [6.45, 7) is 12.4. The normalized spacial score (nSPS) is 20.7. The van der Waals surface area contributed by atoms with Crippen LogP contribution in [0.3, 0.4) is 0 Å². The monoisotopic (exact) mass is 313 g/mol. The maximum atomic E-state index is 12.5. The third-order valence-corrected chi connectivity index (χ3v) is 3.65. The minimum atomic E-state index is -0.528. The molecule has 0 aliphatic carbocycles. The lowest BCUT2D eigenvalue weighted by Gasteiger charge is -2.42. The van der Waals surface area contributed by atoms with Crippen molar-refractivity contribution < 1.29 is 14.3 Å². The Hall–Kier alpha value is -1.30. The topological polar surface area (TPSA) is 75.9 Å². The fraction of sp³-hybridized carbons (Fsp3) is 0.875. The highest BCUT2D eigenvalue weighted by Crippen LogP contribution is 2.21. The second kappa shape index (κ2) is 7.31. The first-order chi connectivity index (χ1) is 10.0. The Morgan fingerprint density at radius 1 is 1.27 bits per heavy atom. The summed E-state index contributed by atoms with van der Waals surface area (Å²) in [5.74, 6) is -0.0578. The van der Waals surface area contributed by atoms with Gasteiger partial charge in [0, 0.05) is 19.1 Å². The van der Waals surface area contributed by atoms with Gasteiger partial charge in [0.15, 0.2) is 0 Å². The molecule has 1 fully saturated rings. The van der Waals surface area contributed by atoms with Crippen molar-refractivity contribution in [2.45, 2.75) is 78.1 Å². The maximum absolute atomic E-state index is 12.5. The SMILES string of the molecule is CC(C)N(C(=O)OC(C)(C)C)[C@@H]1CCCN(C(=O)[C@H](C)N)C1. The Labute approximate surface area is 134 Å². The van der Waals surface area contributed by atoms with Crippen molar-refractivity contribution >= 4 is 12.0 Å². The number of ether oxygens (including phenoxy) is 1. The van der Waals surface area contributed by atoms with Gasteiger partial charge in [0.25, 0.3) is 0 Å². The van der Waals surface area contributed by atoms with Crippen LogP contribution in [-0.2, 0) is 9.53 Å². The van der Waals surface area contributed by atoms with Crippen molar-refractivity contribution in [2.75, 3.05) is 13.1 Å². The molecule has 1 aliphatic rings. The summed E-state index contributed by atoms with van der Waals surface area (Å²) in [6.07, 6.45) is 1.43. The highest BCUT2D eigenvalue weighted by molar-refractivity contribution is 5.81. The molecular weight excluding hydrogens is 282 g/mol. The van der Waals surface area contributed by atoms with Gasteiger partial charge in [0.2, 0.25) is 5.91 Å². The van der Waals surface area contributed by atoms with Crippen LogP contribution in [-0.4, -0.2) is 58.6 Å². The van der Waals surface area contributed by atoms with Gasteiger partial charge in [-0.1, -0.05) is 0 Å². The van der Waals surface area contributed by atoms with Crippen LogP contribution in [0.25, 0.3) is 0 Å². The molecule has 0 aromatic carbocycles. The predicted octanol–water partition coefficient (Wildman–Crippen LogP) is 1.97. The quantitative estimate of drug-likeness (QED) is 0.864. The van der Waals surface area contributed by atoms with Crippen LogP contribution in [0.2, 0.25) is 0 Å². The summed E-state index contributed by atoms with van der Waals surface area (Å²) in [4.78, 5) is 28.1. The summed E-state index contributed by atoms with van der Waals surface area (Å²) < 4.78 is 5.52. The highest BCUT2D eigenvalue weighted by atomic mass is 16.6. The van der Waals surface area contributed by atoms with Crippen LogP contribution >= 0.6 is 0 Å². The van der Waals surface area contributed by atoms with Gasteiger partial charge in [0.05, 0.1) is 12.1 Å². The number of rotatable bonds is 3. The van der Waals surface area contributed by atoms with Crippen molar-refractivity contribution in [2.24, 2.45) is 5.73 Å². The fourth-order valence-electron chi connectivity index (χ4n) is 2.77. The summed E-state index contributed by atoms with van der Waals surface area (Å²) in [5, 5.41) is 0. The molecule has 0 unspecified atom stereocenters. The lowest BCUT2D eigenvalue weighted by Crippen LogP contribution is -2.56. The Morgan fingerprint density at radius 3 is 2.32 bits per heavy atom. The largest absolute Gasteiger partial charge is 0.444 e. The molecule has 0 saturated carbocycles. The van der Waals surface area contributed by atoms with Crippen molar-refractivity contribution in [3.63, 3.8) is 0 Å². The smallest absolute Gasteiger partial charge is 0.410 e. The van der Waals surface area contributed by atoms with Crippen LogP contribution in [0.5, 0.6) is 0 Å². The minimum Gasteiger partial charge on any atom is -0.444 e. The molecule has 128 valence electrons. The molecular formula is C16H31N3O3. The van der Waals surface area contributed by atoms with Gasteiger partial charge in [-0.25, -0.2) is 4.79 Å². The Morgan fingerprint density at radius 2 is 1.86 bits per heavy atom. The molecule has 2 N–H and O–H groups in total. The van der Waals surface area contributed by atoms with Crippen LogP contribution in [0.4, 0.5) is 4.79 Å². The molecule has 0 spiro atoms. The maximum Gasteiger partial charge on any atom is 0.410 e. The number of carbonyl (C=O) groups is 2. The predicted molar refractivity (Wildman–Crippen MR) is 86.5 cm³/mol. The van der Waals surface area contributed by atoms with Gasteiger partial charge >= 0.3 is 6.09 Å². The number of piperidine rings is 1. The molecule has 0 radical (unpaired) electrons. The highest BCUT2D eigenvalue weighted by Gasteiger charge is 2.34. The van der Waals surface area contributed by atoms with Crippen LogP contribution in [0, 0.1) is 0 Å². The van der Waals surface area contributed by atoms with E-state index in [9.17, 15) is 9.59 Å². The van der Waals surface area contributed by atoms with Crippen molar-refractivity contribution in [1.29, 1.82) is 0 Å². The zero-order chi connectivity index (χ0) is 17.1. The first kappa shape index (κ1) is 18.7. The Kier molecular flexibility index (Phi) is 6.23. The van der Waals surface area contributed by atoms with Crippen molar-refractivity contribution in [1.82, 2.24) is 9.80 Å². The van der Waals surface area contributed by atoms with E-state index in [1.54, 1.807) is 16.7 Å². The van der Waals surface area contributed by atoms with E-state index in [4.69, 9.17) is 10.5 Å². The number of nitrogens with zero attached hydrogens (tertiary/aromatic N) is 2. The van der Waals surface area contributed by atoms with Crippen LogP contribution in [0.1, 0.15) is 54.4 Å². The molecule has 22 heavy (non-hydrogen) atoms. The van der Waals surface area contributed by atoms with E-state index in [0.717, 1.165) is 12.8 Å². The first-order valence-corrected chi connectivity index (χ1v) is 8.08. The fourth-order valence-corrected chi connectivity index (χ4v) is 2.77. The van der Waals surface area contributed by atoms with Crippen molar-refractivity contribution in [3.05, 3.63) is 0 Å². The Balaban J connectivity index is 2.83. The van der Waals surface area contributed by atoms with Crippen molar-refractivity contribution in [3.8, 4) is 0 Å². The van der Waals surface area contributed by atoms with Crippen LogP contribution < -0.4 is 5.73 Å². The molecule has 2 amide bonds. The summed E-state index contributed by atoms with van der Waals surface area (Å²) in [6, 6.07) is -0.510. The second-order valence-corrected chi connectivity index (χ2v) is 7.35. The number of hydrogen-bond acceptors (Lipinski definition) is 4. The number of nitrogens with two attached hydrogens (primary N) is 1. The van der Waals surface area contributed by atoms with E-state index in [-0.39, 0.29) is 24.1 Å². The third kappa shape index (κ3) is 5.16. The summed E-state index contributed by atoms with van der Waals surface area (Å²) in [5.41, 5.74) is 5.17. The molecule has 0 aromatic heterocycles. The van der Waals surface area contributed by atoms with E-state index in [1.165, 1.54) is 0 Å².